The normalized spacial score (nSPS) is 13.9. The Labute approximate surface area is 137 Å². The predicted octanol–water partition coefficient (Wildman–Crippen LogP) is 4.89. The topological polar surface area (TPSA) is 61.8 Å². The van der Waals surface area contributed by atoms with Crippen LogP contribution < -0.4 is 0 Å². The molecule has 0 aliphatic rings. The zero-order valence-corrected chi connectivity index (χ0v) is 16.0. The molecule has 0 radical (unpaired) electrons. The number of alkyl halides is 2. The van der Waals surface area contributed by atoms with Gasteiger partial charge in [-0.25, -0.2) is 4.79 Å². The summed E-state index contributed by atoms with van der Waals surface area (Å²) >= 11 is 12.0. The summed E-state index contributed by atoms with van der Waals surface area (Å²) < 4.78 is 26.2. The standard InChI is InChI=1S/C13H25Cl2O5P/c1-8-12(6,7)18-11(16)13(14,15)21(17,19-9(2)3)20-10(4)5/h9-10H,8H2,1-7H3. The van der Waals surface area contributed by atoms with Crippen LogP contribution in [0.25, 0.3) is 0 Å². The highest BCUT2D eigenvalue weighted by atomic mass is 35.5. The van der Waals surface area contributed by atoms with Crippen LogP contribution in [0.2, 0.25) is 0 Å². The third-order valence-corrected chi connectivity index (χ3v) is 6.33. The van der Waals surface area contributed by atoms with Gasteiger partial charge < -0.3 is 13.8 Å². The molecule has 0 aromatic carbocycles. The first-order chi connectivity index (χ1) is 9.27. The second kappa shape index (κ2) is 7.65. The average Bonchev–Trinajstić information content (AvgIpc) is 2.25. The number of halogens is 2. The highest BCUT2D eigenvalue weighted by Gasteiger charge is 2.58. The number of hydrogen-bond acceptors (Lipinski definition) is 5. The number of carbonyl (C=O) groups excluding carboxylic acids is 1. The second-order valence-electron chi connectivity index (χ2n) is 5.85. The Morgan fingerprint density at radius 2 is 1.48 bits per heavy atom. The zero-order chi connectivity index (χ0) is 17.1. The highest BCUT2D eigenvalue weighted by Crippen LogP contribution is 2.66. The number of rotatable bonds is 8. The predicted molar refractivity (Wildman–Crippen MR) is 84.9 cm³/mol. The van der Waals surface area contributed by atoms with Crippen LogP contribution in [0.3, 0.4) is 0 Å². The molecule has 8 heteroatoms. The van der Waals surface area contributed by atoms with Crippen molar-refractivity contribution in [3.8, 4) is 0 Å². The molecule has 0 aromatic rings. The fourth-order valence-electron chi connectivity index (χ4n) is 1.21. The molecular formula is C13H25Cl2O5P. The van der Waals surface area contributed by atoms with E-state index in [4.69, 9.17) is 37.0 Å². The minimum Gasteiger partial charge on any atom is -0.457 e. The summed E-state index contributed by atoms with van der Waals surface area (Å²) in [5, 5.41) is 0. The van der Waals surface area contributed by atoms with Gasteiger partial charge in [-0.15, -0.1) is 0 Å². The molecule has 0 spiro atoms. The van der Waals surface area contributed by atoms with Crippen molar-refractivity contribution in [1.82, 2.24) is 0 Å². The molecule has 0 aromatic heterocycles. The van der Waals surface area contributed by atoms with E-state index in [1.807, 2.05) is 6.92 Å². The molecule has 0 atom stereocenters. The molecule has 5 nitrogen and oxygen atoms in total. The van der Waals surface area contributed by atoms with Gasteiger partial charge in [0, 0.05) is 0 Å². The Balaban J connectivity index is 5.45. The van der Waals surface area contributed by atoms with Crippen molar-refractivity contribution >= 4 is 36.8 Å². The maximum absolute atomic E-state index is 12.9. The molecule has 0 aliphatic carbocycles. The van der Waals surface area contributed by atoms with Crippen LogP contribution >= 0.6 is 30.8 Å². The van der Waals surface area contributed by atoms with Crippen molar-refractivity contribution < 1.29 is 23.1 Å². The fourth-order valence-corrected chi connectivity index (χ4v) is 3.46. The van der Waals surface area contributed by atoms with Gasteiger partial charge in [0.05, 0.1) is 12.2 Å². The van der Waals surface area contributed by atoms with Crippen LogP contribution in [0.1, 0.15) is 54.9 Å². The lowest BCUT2D eigenvalue weighted by Gasteiger charge is -2.33. The van der Waals surface area contributed by atoms with Gasteiger partial charge in [0.25, 0.3) is 0 Å². The largest absolute Gasteiger partial charge is 0.457 e. The molecule has 0 amide bonds. The summed E-state index contributed by atoms with van der Waals surface area (Å²) in [6.07, 6.45) is -0.430. The van der Waals surface area contributed by atoms with E-state index in [0.717, 1.165) is 0 Å². The van der Waals surface area contributed by atoms with Crippen molar-refractivity contribution in [2.45, 2.75) is 76.8 Å². The molecular weight excluding hydrogens is 338 g/mol. The SMILES string of the molecule is CCC(C)(C)OC(=O)C(Cl)(Cl)P(=O)(OC(C)C)OC(C)C. The molecule has 0 N–H and O–H groups in total. The van der Waals surface area contributed by atoms with Crippen LogP contribution in [-0.4, -0.2) is 27.9 Å². The van der Waals surface area contributed by atoms with E-state index in [1.165, 1.54) is 0 Å². The third-order valence-electron chi connectivity index (χ3n) is 2.51. The van der Waals surface area contributed by atoms with Gasteiger partial charge in [-0.05, 0) is 48.0 Å². The Morgan fingerprint density at radius 1 is 1.10 bits per heavy atom. The molecule has 126 valence electrons. The van der Waals surface area contributed by atoms with Gasteiger partial charge in [-0.2, -0.15) is 0 Å². The lowest BCUT2D eigenvalue weighted by Crippen LogP contribution is -2.38. The first-order valence-electron chi connectivity index (χ1n) is 6.85. The highest BCUT2D eigenvalue weighted by molar-refractivity contribution is 7.61. The third kappa shape index (κ3) is 6.07. The summed E-state index contributed by atoms with van der Waals surface area (Å²) in [7, 11) is -4.13. The van der Waals surface area contributed by atoms with Crippen molar-refractivity contribution in [2.24, 2.45) is 0 Å². The van der Waals surface area contributed by atoms with E-state index in [-0.39, 0.29) is 0 Å². The molecule has 0 saturated heterocycles. The molecule has 0 rings (SSSR count). The van der Waals surface area contributed by atoms with E-state index in [0.29, 0.717) is 6.42 Å². The smallest absolute Gasteiger partial charge is 0.378 e. The molecule has 21 heavy (non-hydrogen) atoms. The number of ether oxygens (including phenoxy) is 1. The molecule has 0 heterocycles. The quantitative estimate of drug-likeness (QED) is 0.349. The van der Waals surface area contributed by atoms with Crippen LogP contribution in [0.15, 0.2) is 0 Å². The van der Waals surface area contributed by atoms with Crippen molar-refractivity contribution in [1.29, 1.82) is 0 Å². The minimum absolute atomic E-state index is 0.488. The molecule has 0 bridgehead atoms. The summed E-state index contributed by atoms with van der Waals surface area (Å²) in [4.78, 5) is 12.2. The first kappa shape index (κ1) is 21.2. The summed E-state index contributed by atoms with van der Waals surface area (Å²) in [5.41, 5.74) is -0.785. The van der Waals surface area contributed by atoms with Crippen molar-refractivity contribution in [2.75, 3.05) is 0 Å². The molecule has 0 fully saturated rings. The maximum atomic E-state index is 12.9. The lowest BCUT2D eigenvalue weighted by atomic mass is 10.1. The van der Waals surface area contributed by atoms with Crippen LogP contribution in [0, 0.1) is 0 Å². The minimum atomic E-state index is -4.13. The second-order valence-corrected chi connectivity index (χ2v) is 9.79. The van der Waals surface area contributed by atoms with Gasteiger partial charge in [0.2, 0.25) is 0 Å². The molecule has 0 aliphatic heterocycles. The average molecular weight is 363 g/mol. The summed E-state index contributed by atoms with van der Waals surface area (Å²) in [6, 6.07) is 0. The Kier molecular flexibility index (Phi) is 7.72. The Morgan fingerprint density at radius 3 is 1.76 bits per heavy atom. The number of carbonyl (C=O) groups is 1. The first-order valence-corrected chi connectivity index (χ1v) is 9.15. The summed E-state index contributed by atoms with van der Waals surface area (Å²) in [6.45, 7) is 11.8. The van der Waals surface area contributed by atoms with Crippen molar-refractivity contribution in [3.63, 3.8) is 0 Å². The van der Waals surface area contributed by atoms with Gasteiger partial charge in [0.15, 0.2) is 0 Å². The van der Waals surface area contributed by atoms with E-state index in [2.05, 4.69) is 0 Å². The number of esters is 1. The Hall–Kier alpha value is 0.200. The fraction of sp³-hybridized carbons (Fsp3) is 0.923. The molecule has 0 unspecified atom stereocenters. The van der Waals surface area contributed by atoms with E-state index < -0.39 is 35.4 Å². The zero-order valence-electron chi connectivity index (χ0n) is 13.6. The van der Waals surface area contributed by atoms with Crippen molar-refractivity contribution in [3.05, 3.63) is 0 Å². The maximum Gasteiger partial charge on any atom is 0.378 e. The van der Waals surface area contributed by atoms with Crippen LogP contribution in [-0.2, 0) is 23.1 Å². The van der Waals surface area contributed by atoms with E-state index in [1.54, 1.807) is 41.5 Å². The van der Waals surface area contributed by atoms with Gasteiger partial charge in [0.1, 0.15) is 5.60 Å². The van der Waals surface area contributed by atoms with Crippen LogP contribution in [0.5, 0.6) is 0 Å². The van der Waals surface area contributed by atoms with E-state index >= 15 is 0 Å². The Bertz CT molecular complexity index is 393. The van der Waals surface area contributed by atoms with Gasteiger partial charge >= 0.3 is 17.6 Å². The molecule has 0 saturated carbocycles. The lowest BCUT2D eigenvalue weighted by molar-refractivity contribution is -0.156. The van der Waals surface area contributed by atoms with E-state index in [9.17, 15) is 9.36 Å². The van der Waals surface area contributed by atoms with Crippen LogP contribution in [0.4, 0.5) is 0 Å². The van der Waals surface area contributed by atoms with Gasteiger partial charge in [-0.3, -0.25) is 4.57 Å². The van der Waals surface area contributed by atoms with Gasteiger partial charge in [-0.1, -0.05) is 30.1 Å². The summed E-state index contributed by atoms with van der Waals surface area (Å²) in [5.74, 6) is -1.04. The monoisotopic (exact) mass is 362 g/mol. The number of hydrogen-bond donors (Lipinski definition) is 0.